The summed E-state index contributed by atoms with van der Waals surface area (Å²) in [6.07, 6.45) is 1.80. The minimum absolute atomic E-state index is 0.0811. The molecule has 13 heteroatoms. The van der Waals surface area contributed by atoms with Crippen molar-refractivity contribution < 1.29 is 24.0 Å². The predicted octanol–water partition coefficient (Wildman–Crippen LogP) is 3.12. The average molecular weight is 472 g/mol. The standard InChI is InChI=1S/C20H20N6O6S/c1-11(23-24-21)17-15-9-16(33-8-7-22-12(2)27)18(25(15)19(17)28)20(29)32-10-13-3-5-14(6-4-13)26(30)31/h3-8,11,15,17H,9-10H2,1-2H3,(H,22,27)/b8-7+/t11-,15-,17+/m1/s1. The van der Waals surface area contributed by atoms with Crippen LogP contribution in [0.3, 0.4) is 0 Å². The average Bonchev–Trinajstić information content (AvgIpc) is 3.09. The maximum Gasteiger partial charge on any atom is 0.356 e. The van der Waals surface area contributed by atoms with E-state index in [-0.39, 0.29) is 35.8 Å². The number of non-ortho nitro benzene ring substituents is 1. The van der Waals surface area contributed by atoms with Crippen LogP contribution >= 0.6 is 11.8 Å². The van der Waals surface area contributed by atoms with Crippen LogP contribution < -0.4 is 5.32 Å². The van der Waals surface area contributed by atoms with E-state index < -0.39 is 22.9 Å². The van der Waals surface area contributed by atoms with E-state index in [0.717, 1.165) is 0 Å². The smallest absolute Gasteiger partial charge is 0.356 e. The van der Waals surface area contributed by atoms with Crippen LogP contribution in [-0.2, 0) is 25.7 Å². The molecule has 0 bridgehead atoms. The number of nitro benzene ring substituents is 1. The summed E-state index contributed by atoms with van der Waals surface area (Å²) in [5.41, 5.74) is 9.28. The van der Waals surface area contributed by atoms with Crippen LogP contribution in [0.25, 0.3) is 10.4 Å². The summed E-state index contributed by atoms with van der Waals surface area (Å²) in [7, 11) is 0. The van der Waals surface area contributed by atoms with Crippen molar-refractivity contribution in [3.8, 4) is 0 Å². The molecule has 2 amide bonds. The lowest BCUT2D eigenvalue weighted by molar-refractivity contribution is -0.384. The van der Waals surface area contributed by atoms with Gasteiger partial charge in [0.2, 0.25) is 11.8 Å². The maximum absolute atomic E-state index is 12.9. The molecule has 3 atom stereocenters. The summed E-state index contributed by atoms with van der Waals surface area (Å²) in [6.45, 7) is 2.87. The first kappa shape index (κ1) is 23.8. The third-order valence-corrected chi connectivity index (χ3v) is 6.11. The van der Waals surface area contributed by atoms with Crippen LogP contribution in [0.1, 0.15) is 25.8 Å². The van der Waals surface area contributed by atoms with Crippen LogP contribution in [0, 0.1) is 16.0 Å². The normalized spacial score (nSPS) is 20.1. The van der Waals surface area contributed by atoms with Crippen LogP contribution in [0.5, 0.6) is 0 Å². The molecule has 12 nitrogen and oxygen atoms in total. The molecule has 1 saturated heterocycles. The third-order valence-electron chi connectivity index (χ3n) is 5.20. The highest BCUT2D eigenvalue weighted by atomic mass is 32.2. The first-order valence-electron chi connectivity index (χ1n) is 9.84. The highest BCUT2D eigenvalue weighted by molar-refractivity contribution is 8.05. The Bertz CT molecular complexity index is 1090. The summed E-state index contributed by atoms with van der Waals surface area (Å²) in [6, 6.07) is 4.67. The molecule has 33 heavy (non-hydrogen) atoms. The zero-order chi connectivity index (χ0) is 24.1. The van der Waals surface area contributed by atoms with Gasteiger partial charge in [-0.05, 0) is 28.6 Å². The number of carbonyl (C=O) groups excluding carboxylic acids is 3. The molecule has 1 aromatic carbocycles. The Hall–Kier alpha value is -3.83. The van der Waals surface area contributed by atoms with Gasteiger partial charge in [-0.3, -0.25) is 19.7 Å². The van der Waals surface area contributed by atoms with Gasteiger partial charge in [-0.25, -0.2) is 4.79 Å². The van der Waals surface area contributed by atoms with Crippen LogP contribution in [0.2, 0.25) is 0 Å². The molecule has 2 aliphatic heterocycles. The highest BCUT2D eigenvalue weighted by Gasteiger charge is 2.56. The number of nitrogens with one attached hydrogen (secondary N) is 1. The quantitative estimate of drug-likeness (QED) is 0.109. The van der Waals surface area contributed by atoms with Crippen molar-refractivity contribution in [2.75, 3.05) is 0 Å². The first-order valence-corrected chi connectivity index (χ1v) is 10.7. The van der Waals surface area contributed by atoms with Crippen molar-refractivity contribution in [3.63, 3.8) is 0 Å². The zero-order valence-electron chi connectivity index (χ0n) is 17.7. The van der Waals surface area contributed by atoms with Crippen molar-refractivity contribution in [2.45, 2.75) is 39.0 Å². The van der Waals surface area contributed by atoms with Gasteiger partial charge in [-0.1, -0.05) is 23.8 Å². The second kappa shape index (κ2) is 10.2. The van der Waals surface area contributed by atoms with Gasteiger partial charge >= 0.3 is 5.97 Å². The fourth-order valence-corrected chi connectivity index (χ4v) is 4.54. The molecule has 2 aliphatic rings. The van der Waals surface area contributed by atoms with Crippen molar-refractivity contribution in [2.24, 2.45) is 11.0 Å². The summed E-state index contributed by atoms with van der Waals surface area (Å²) >= 11 is 1.18. The number of β-lactam (4-membered cyclic amide) rings is 1. The number of fused-ring (bicyclic) bond motifs is 1. The zero-order valence-corrected chi connectivity index (χ0v) is 18.5. The molecule has 0 saturated carbocycles. The van der Waals surface area contributed by atoms with Crippen molar-refractivity contribution in [1.29, 1.82) is 0 Å². The fourth-order valence-electron chi connectivity index (χ4n) is 3.68. The molecule has 2 heterocycles. The number of thioether (sulfide) groups is 1. The number of hydrogen-bond acceptors (Lipinski definition) is 8. The molecule has 0 aromatic heterocycles. The molecule has 0 unspecified atom stereocenters. The topological polar surface area (TPSA) is 168 Å². The Morgan fingerprint density at radius 1 is 1.45 bits per heavy atom. The number of azide groups is 1. The van der Waals surface area contributed by atoms with Crippen LogP contribution in [0.15, 0.2) is 51.6 Å². The number of nitrogens with zero attached hydrogens (tertiary/aromatic N) is 5. The van der Waals surface area contributed by atoms with Gasteiger partial charge in [-0.15, -0.1) is 0 Å². The van der Waals surface area contributed by atoms with Gasteiger partial charge in [0.25, 0.3) is 5.69 Å². The maximum atomic E-state index is 12.9. The molecular formula is C20H20N6O6S. The largest absolute Gasteiger partial charge is 0.456 e. The molecule has 0 aliphatic carbocycles. The monoisotopic (exact) mass is 472 g/mol. The number of esters is 1. The number of ether oxygens (including phenoxy) is 1. The lowest BCUT2D eigenvalue weighted by atomic mass is 9.82. The second-order valence-corrected chi connectivity index (χ2v) is 8.34. The van der Waals surface area contributed by atoms with Gasteiger partial charge in [-0.2, -0.15) is 0 Å². The summed E-state index contributed by atoms with van der Waals surface area (Å²) in [5.74, 6) is -1.84. The third kappa shape index (κ3) is 5.16. The molecular weight excluding hydrogens is 452 g/mol. The summed E-state index contributed by atoms with van der Waals surface area (Å²) in [5, 5.41) is 18.5. The molecule has 3 rings (SSSR count). The highest BCUT2D eigenvalue weighted by Crippen LogP contribution is 2.48. The van der Waals surface area contributed by atoms with E-state index in [2.05, 4.69) is 15.3 Å². The SMILES string of the molecule is CC(=O)N/C=C/SC1=C(C(=O)OCc2ccc([N+](=O)[O-])cc2)N2C(=O)[C@@H]([C@@H](C)N=[N+]=[N-])[C@H]2C1. The number of hydrogen-bond donors (Lipinski definition) is 1. The molecule has 0 spiro atoms. The van der Waals surface area contributed by atoms with Gasteiger partial charge in [0, 0.05) is 47.5 Å². The number of amides is 2. The van der Waals surface area contributed by atoms with Crippen LogP contribution in [0.4, 0.5) is 5.69 Å². The van der Waals surface area contributed by atoms with E-state index in [1.807, 2.05) is 0 Å². The van der Waals surface area contributed by atoms with Gasteiger partial charge < -0.3 is 15.0 Å². The molecule has 1 N–H and O–H groups in total. The lowest BCUT2D eigenvalue weighted by Gasteiger charge is -2.45. The van der Waals surface area contributed by atoms with Crippen molar-refractivity contribution in [1.82, 2.24) is 10.2 Å². The Kier molecular flexibility index (Phi) is 7.36. The Labute approximate surface area is 192 Å². The molecule has 0 radical (unpaired) electrons. The number of benzene rings is 1. The van der Waals surface area contributed by atoms with E-state index in [4.69, 9.17) is 10.3 Å². The number of rotatable bonds is 9. The van der Waals surface area contributed by atoms with E-state index in [1.54, 1.807) is 12.3 Å². The van der Waals surface area contributed by atoms with Crippen molar-refractivity contribution >= 4 is 35.2 Å². The van der Waals surface area contributed by atoms with E-state index in [9.17, 15) is 24.5 Å². The molecule has 172 valence electrons. The number of nitro groups is 1. The minimum atomic E-state index is -0.713. The Morgan fingerprint density at radius 2 is 2.15 bits per heavy atom. The number of carbonyl (C=O) groups is 3. The summed E-state index contributed by atoms with van der Waals surface area (Å²) < 4.78 is 5.38. The molecule has 1 aromatic rings. The Morgan fingerprint density at radius 3 is 2.76 bits per heavy atom. The lowest BCUT2D eigenvalue weighted by Crippen LogP contribution is -2.61. The van der Waals surface area contributed by atoms with Gasteiger partial charge in [0.15, 0.2) is 0 Å². The fraction of sp³-hybridized carbons (Fsp3) is 0.350. The minimum Gasteiger partial charge on any atom is -0.456 e. The van der Waals surface area contributed by atoms with Crippen LogP contribution in [-0.4, -0.2) is 39.7 Å². The van der Waals surface area contributed by atoms with Crippen molar-refractivity contribution in [3.05, 3.63) is 72.6 Å². The van der Waals surface area contributed by atoms with E-state index in [0.29, 0.717) is 16.9 Å². The second-order valence-electron chi connectivity index (χ2n) is 7.34. The predicted molar refractivity (Wildman–Crippen MR) is 118 cm³/mol. The first-order chi connectivity index (χ1) is 15.7. The molecule has 1 fully saturated rings. The Balaban J connectivity index is 1.76. The van der Waals surface area contributed by atoms with Gasteiger partial charge in [0.1, 0.15) is 12.3 Å². The van der Waals surface area contributed by atoms with E-state index >= 15 is 0 Å². The van der Waals surface area contributed by atoms with E-state index in [1.165, 1.54) is 54.1 Å². The van der Waals surface area contributed by atoms with Gasteiger partial charge in [0.05, 0.1) is 16.9 Å². The summed E-state index contributed by atoms with van der Waals surface area (Å²) in [4.78, 5) is 51.7.